The number of nitrogens with one attached hydrogen (secondary N) is 8. The molecule has 0 aliphatic carbocycles. The number of ether oxygens (including phenoxy) is 1. The van der Waals surface area contributed by atoms with E-state index in [1.54, 1.807) is 43.2 Å². The summed E-state index contributed by atoms with van der Waals surface area (Å²) >= 11 is 0. The molecule has 16 aromatic rings. The molecule has 0 spiro atoms. The van der Waals surface area contributed by atoms with E-state index in [1.807, 2.05) is 239 Å². The maximum Gasteiger partial charge on any atom is 0.276 e. The largest absolute Gasteiger partial charge is 0.378 e. The fourth-order valence-electron chi connectivity index (χ4n) is 16.4. The standard InChI is InChI=1S/C26H27F2N7O.C25H27N7O.C24H25N7O2.C24H25N7O/c1-34(2)23-6-4-20(15-30-23)31-25(36)24-21-12-18(3-5-22(21)32-33-24)19-11-17(13-29-14-19)16-35-9-7-26(27,28)8-10-35;1-31(2)23-9-7-19(15-27-23)28-25(33)24-21-13-17(6-8-22(21)29-30-24)18-12-20(16-26-14-18)32-10-4-3-5-11-32;1-30(2)22-6-4-18(14-26-22)27-24(32)23-20-12-16(3-5-21(20)28-29-23)17-11-19(15-25-13-17)31-7-9-33-10-8-31;1-30(2)22-8-6-18(14-26-22)27-24(32)23-20-12-16(5-7-21(20)28-29-23)17-11-19(15-25-13-17)31-9-3-4-10-31/h3-6,11-15H,7-10,16H2,1-2H3,(H,31,36)(H,32,33);6-9,12-16H,3-5,10-11H2,1-2H3,(H,28,33)(H,29,30);3-6,11-15H,7-10H2,1-2H3,(H,27,32)(H,28,29);5-8,11-15H,3-4,9-10H2,1-2H3,(H,27,32)(H,28,29). The summed E-state index contributed by atoms with van der Waals surface area (Å²) in [6, 6.07) is 46.7. The molecule has 4 amide bonds. The smallest absolute Gasteiger partial charge is 0.276 e. The monoisotopic (exact) mass is 1800 g/mol. The minimum atomic E-state index is -2.56. The molecule has 4 aliphatic heterocycles. The molecule has 4 fully saturated rings. The summed E-state index contributed by atoms with van der Waals surface area (Å²) in [6.45, 7) is 8.71. The van der Waals surface area contributed by atoms with Crippen molar-refractivity contribution in [2.24, 2.45) is 0 Å². The highest BCUT2D eigenvalue weighted by molar-refractivity contribution is 6.15. The predicted octanol–water partition coefficient (Wildman–Crippen LogP) is 16.0. The lowest BCUT2D eigenvalue weighted by molar-refractivity contribution is -0.0566. The van der Waals surface area contributed by atoms with Crippen LogP contribution in [0.2, 0.25) is 0 Å². The molecule has 20 rings (SSSR count). The third-order valence-corrected chi connectivity index (χ3v) is 23.8. The van der Waals surface area contributed by atoms with Crippen molar-refractivity contribution in [1.29, 1.82) is 0 Å². The van der Waals surface area contributed by atoms with E-state index >= 15 is 0 Å². The fourth-order valence-corrected chi connectivity index (χ4v) is 16.4. The Morgan fingerprint density at radius 3 is 0.925 bits per heavy atom. The quantitative estimate of drug-likeness (QED) is 0.0331. The molecule has 0 radical (unpaired) electrons. The third-order valence-electron chi connectivity index (χ3n) is 23.8. The first kappa shape index (κ1) is 90.2. The molecule has 134 heavy (non-hydrogen) atoms. The van der Waals surface area contributed by atoms with Crippen molar-refractivity contribution in [2.45, 2.75) is 57.4 Å². The number of pyridine rings is 8. The Hall–Kier alpha value is -15.8. The van der Waals surface area contributed by atoms with Crippen molar-refractivity contribution in [2.75, 3.05) is 178 Å². The Balaban J connectivity index is 0.000000124. The van der Waals surface area contributed by atoms with Crippen molar-refractivity contribution in [3.8, 4) is 44.5 Å². The van der Waals surface area contributed by atoms with Crippen LogP contribution in [-0.2, 0) is 11.3 Å². The van der Waals surface area contributed by atoms with E-state index in [0.717, 1.165) is 181 Å². The van der Waals surface area contributed by atoms with Gasteiger partial charge in [-0.3, -0.25) is 64.4 Å². The number of anilines is 11. The number of rotatable bonds is 21. The first-order chi connectivity index (χ1) is 65.0. The zero-order valence-corrected chi connectivity index (χ0v) is 75.8. The molecule has 8 N–H and O–H groups in total. The second kappa shape index (κ2) is 40.7. The average molecular weight is 1800 g/mol. The summed E-state index contributed by atoms with van der Waals surface area (Å²) in [5, 5.41) is 43.3. The SMILES string of the molecule is CN(C)c1ccc(NC(=O)c2n[nH]c3ccc(-c4cncc(CN5CCC(F)(F)CC5)c4)cc23)cn1.CN(C)c1ccc(NC(=O)c2n[nH]c3ccc(-c4cncc(N5CCCC5)c4)cc23)cn1.CN(C)c1ccc(NC(=O)c2n[nH]c3ccc(-c4cncc(N5CCCCC5)c4)cc23)cn1.CN(C)c1ccc(NC(=O)c2n[nH]c3ccc(-c4cncc(N5CCOCC5)c4)cc23)cn1. The Bertz CT molecular complexity index is 6610. The number of halogens is 2. The number of benzene rings is 4. The number of amides is 4. The molecular weight excluding hydrogens is 1700 g/mol. The van der Waals surface area contributed by atoms with Gasteiger partial charge < -0.3 is 60.3 Å². The van der Waals surface area contributed by atoms with E-state index in [-0.39, 0.29) is 42.2 Å². The maximum absolute atomic E-state index is 13.5. The second-order valence-corrected chi connectivity index (χ2v) is 34.2. The van der Waals surface area contributed by atoms with Gasteiger partial charge >= 0.3 is 0 Å². The number of H-pyrrole nitrogens is 4. The van der Waals surface area contributed by atoms with Gasteiger partial charge in [-0.1, -0.05) is 24.3 Å². The van der Waals surface area contributed by atoms with Crippen LogP contribution < -0.4 is 55.6 Å². The average Bonchev–Trinajstić information content (AvgIpc) is 1.63. The number of likely N-dealkylation sites (tertiary alicyclic amines) is 1. The molecule has 4 aliphatic rings. The number of fused-ring (bicyclic) bond motifs is 4. The van der Waals surface area contributed by atoms with Crippen molar-refractivity contribution in [3.05, 3.63) is 248 Å². The summed E-state index contributed by atoms with van der Waals surface area (Å²) in [6.07, 6.45) is 27.3. The van der Waals surface area contributed by atoms with Crippen molar-refractivity contribution < 1.29 is 32.7 Å². The summed E-state index contributed by atoms with van der Waals surface area (Å²) in [5.74, 6) is -0.509. The molecular formula is C99H104F2N28O5. The maximum atomic E-state index is 13.5. The van der Waals surface area contributed by atoms with Crippen LogP contribution in [0.5, 0.6) is 0 Å². The zero-order valence-electron chi connectivity index (χ0n) is 75.8. The van der Waals surface area contributed by atoms with Gasteiger partial charge in [-0.25, -0.2) is 28.7 Å². The van der Waals surface area contributed by atoms with Crippen LogP contribution in [0, 0.1) is 0 Å². The predicted molar refractivity (Wildman–Crippen MR) is 523 cm³/mol. The number of nitrogens with zero attached hydrogens (tertiary/aromatic N) is 20. The Morgan fingerprint density at radius 1 is 0.336 bits per heavy atom. The normalized spacial score (nSPS) is 14.2. The molecule has 0 unspecified atom stereocenters. The van der Waals surface area contributed by atoms with Gasteiger partial charge in [0, 0.05) is 203 Å². The van der Waals surface area contributed by atoms with Gasteiger partial charge in [0.05, 0.1) is 118 Å². The highest BCUT2D eigenvalue weighted by atomic mass is 19.3. The topological polar surface area (TPSA) is 369 Å². The lowest BCUT2D eigenvalue weighted by Gasteiger charge is -2.31. The number of carbonyl (C=O) groups excluding carboxylic acids is 4. The van der Waals surface area contributed by atoms with Gasteiger partial charge in [0.1, 0.15) is 23.3 Å². The van der Waals surface area contributed by atoms with Crippen molar-refractivity contribution in [1.82, 2.24) is 85.6 Å². The van der Waals surface area contributed by atoms with Gasteiger partial charge in [-0.2, -0.15) is 20.4 Å². The van der Waals surface area contributed by atoms with E-state index < -0.39 is 5.92 Å². The van der Waals surface area contributed by atoms with Gasteiger partial charge in [-0.05, 0) is 181 Å². The van der Waals surface area contributed by atoms with Gasteiger partial charge in [0.15, 0.2) is 22.8 Å². The molecule has 12 aromatic heterocycles. The number of piperidine rings is 2. The Morgan fingerprint density at radius 2 is 0.627 bits per heavy atom. The number of alkyl halides is 2. The summed E-state index contributed by atoms with van der Waals surface area (Å²) < 4.78 is 32.4. The molecule has 684 valence electrons. The van der Waals surface area contributed by atoms with E-state index in [0.29, 0.717) is 64.9 Å². The summed E-state index contributed by atoms with van der Waals surface area (Å²) in [4.78, 5) is 104. The number of hydrogen-bond donors (Lipinski definition) is 8. The molecule has 4 saturated heterocycles. The third kappa shape index (κ3) is 21.6. The zero-order chi connectivity index (χ0) is 92.9. The van der Waals surface area contributed by atoms with E-state index in [9.17, 15) is 28.0 Å². The van der Waals surface area contributed by atoms with Crippen LogP contribution in [0.4, 0.5) is 71.9 Å². The van der Waals surface area contributed by atoms with E-state index in [2.05, 4.69) is 135 Å². The number of aromatic nitrogens is 16. The molecule has 0 atom stereocenters. The van der Waals surface area contributed by atoms with Crippen LogP contribution >= 0.6 is 0 Å². The van der Waals surface area contributed by atoms with E-state index in [4.69, 9.17) is 4.74 Å². The molecule has 16 heterocycles. The highest BCUT2D eigenvalue weighted by Crippen LogP contribution is 2.36. The molecule has 33 nitrogen and oxygen atoms in total. The van der Waals surface area contributed by atoms with Crippen LogP contribution in [0.25, 0.3) is 88.1 Å². The second-order valence-electron chi connectivity index (χ2n) is 34.2. The minimum absolute atomic E-state index is 0.113. The first-order valence-corrected chi connectivity index (χ1v) is 44.5. The molecule has 35 heteroatoms. The summed E-state index contributed by atoms with van der Waals surface area (Å²) in [7, 11) is 15.3. The number of morpholine rings is 1. The number of carbonyl (C=O) groups is 4. The lowest BCUT2D eigenvalue weighted by Crippen LogP contribution is -2.38. The van der Waals surface area contributed by atoms with Crippen LogP contribution in [0.3, 0.4) is 0 Å². The molecule has 0 saturated carbocycles. The van der Waals surface area contributed by atoms with Crippen molar-refractivity contribution in [3.63, 3.8) is 0 Å². The van der Waals surface area contributed by atoms with Gasteiger partial charge in [0.25, 0.3) is 29.6 Å². The number of aromatic amines is 4. The van der Waals surface area contributed by atoms with Crippen LogP contribution in [-0.4, -0.2) is 237 Å². The minimum Gasteiger partial charge on any atom is -0.378 e. The van der Waals surface area contributed by atoms with Gasteiger partial charge in [-0.15, -0.1) is 0 Å². The molecule has 0 bridgehead atoms. The molecule has 4 aromatic carbocycles. The van der Waals surface area contributed by atoms with Crippen LogP contribution in [0.15, 0.2) is 220 Å². The van der Waals surface area contributed by atoms with Gasteiger partial charge in [0.2, 0.25) is 0 Å². The lowest BCUT2D eigenvalue weighted by atomic mass is 10.0. The van der Waals surface area contributed by atoms with Crippen LogP contribution in [0.1, 0.15) is 92.5 Å². The van der Waals surface area contributed by atoms with E-state index in [1.165, 1.54) is 32.1 Å². The fraction of sp³-hybridized carbons (Fsp3) is 0.273. The number of hydrogen-bond acceptors (Lipinski definition) is 25. The van der Waals surface area contributed by atoms with Crippen molar-refractivity contribution >= 4 is 130 Å². The first-order valence-electron chi connectivity index (χ1n) is 44.5. The Labute approximate surface area is 772 Å². The highest BCUT2D eigenvalue weighted by Gasteiger charge is 2.34. The Kier molecular flexibility index (Phi) is 27.4. The summed E-state index contributed by atoms with van der Waals surface area (Å²) in [5.41, 5.74) is 19.0.